The highest BCUT2D eigenvalue weighted by atomic mass is 32.1. The Balaban J connectivity index is 1.65. The van der Waals surface area contributed by atoms with Crippen molar-refractivity contribution in [2.75, 3.05) is 0 Å². The molecular weight excluding hydrogens is 401 g/mol. The van der Waals surface area contributed by atoms with Crippen molar-refractivity contribution in [3.05, 3.63) is 106 Å². The van der Waals surface area contributed by atoms with Crippen molar-refractivity contribution in [2.24, 2.45) is 0 Å². The van der Waals surface area contributed by atoms with Crippen molar-refractivity contribution in [3.8, 4) is 11.3 Å². The number of carboxylic acids is 1. The van der Waals surface area contributed by atoms with Gasteiger partial charge in [0.1, 0.15) is 11.9 Å². The molecule has 0 amide bonds. The standard InChI is InChI=1S/C23H18FN3O2S/c24-17-9-7-15(8-10-17)19-11-12-25-22(27-19)21(20-6-3-13-30-20)26-14-16-4-1-2-5-18(16)23(28)29/h1-13,21,26H,14H2,(H,28,29). The van der Waals surface area contributed by atoms with E-state index < -0.39 is 5.97 Å². The van der Waals surface area contributed by atoms with Gasteiger partial charge in [0, 0.05) is 23.2 Å². The number of thiophene rings is 1. The molecule has 2 heterocycles. The maximum Gasteiger partial charge on any atom is 0.336 e. The van der Waals surface area contributed by atoms with Crippen LogP contribution in [0.2, 0.25) is 0 Å². The molecule has 1 unspecified atom stereocenters. The highest BCUT2D eigenvalue weighted by Gasteiger charge is 2.20. The fourth-order valence-electron chi connectivity index (χ4n) is 3.16. The SMILES string of the molecule is O=C(O)c1ccccc1CNC(c1nccc(-c2ccc(F)cc2)n1)c1cccs1. The van der Waals surface area contributed by atoms with Gasteiger partial charge in [-0.25, -0.2) is 19.2 Å². The molecule has 150 valence electrons. The Kier molecular flexibility index (Phi) is 5.92. The lowest BCUT2D eigenvalue weighted by atomic mass is 10.1. The number of nitrogens with one attached hydrogen (secondary N) is 1. The third kappa shape index (κ3) is 4.42. The molecule has 1 atom stereocenters. The molecule has 5 nitrogen and oxygen atoms in total. The minimum atomic E-state index is -0.963. The molecule has 7 heteroatoms. The van der Waals surface area contributed by atoms with Gasteiger partial charge in [-0.3, -0.25) is 5.32 Å². The molecule has 0 spiro atoms. The maximum atomic E-state index is 13.3. The van der Waals surface area contributed by atoms with Crippen LogP contribution in [0.3, 0.4) is 0 Å². The van der Waals surface area contributed by atoms with E-state index in [4.69, 9.17) is 4.98 Å². The lowest BCUT2D eigenvalue weighted by molar-refractivity contribution is 0.0695. The lowest BCUT2D eigenvalue weighted by Gasteiger charge is -2.18. The van der Waals surface area contributed by atoms with Crippen molar-refractivity contribution < 1.29 is 14.3 Å². The molecule has 2 aromatic carbocycles. The van der Waals surface area contributed by atoms with Crippen LogP contribution >= 0.6 is 11.3 Å². The third-order valence-corrected chi connectivity index (χ3v) is 5.58. The van der Waals surface area contributed by atoms with Crippen LogP contribution in [-0.4, -0.2) is 21.0 Å². The zero-order valence-corrected chi connectivity index (χ0v) is 16.6. The summed E-state index contributed by atoms with van der Waals surface area (Å²) >= 11 is 1.57. The summed E-state index contributed by atoms with van der Waals surface area (Å²) < 4.78 is 13.3. The smallest absolute Gasteiger partial charge is 0.336 e. The molecule has 0 aliphatic carbocycles. The van der Waals surface area contributed by atoms with E-state index in [1.807, 2.05) is 23.6 Å². The normalized spacial score (nSPS) is 11.9. The molecule has 30 heavy (non-hydrogen) atoms. The van der Waals surface area contributed by atoms with Crippen LogP contribution in [0.1, 0.15) is 32.7 Å². The molecule has 2 aromatic heterocycles. The van der Waals surface area contributed by atoms with Crippen LogP contribution in [0.4, 0.5) is 4.39 Å². The summed E-state index contributed by atoms with van der Waals surface area (Å²) in [6.07, 6.45) is 1.68. The van der Waals surface area contributed by atoms with Crippen LogP contribution in [-0.2, 0) is 6.54 Å². The largest absolute Gasteiger partial charge is 0.478 e. The van der Waals surface area contributed by atoms with Crippen molar-refractivity contribution in [1.82, 2.24) is 15.3 Å². The quantitative estimate of drug-likeness (QED) is 0.445. The first-order valence-electron chi connectivity index (χ1n) is 9.28. The average molecular weight is 419 g/mol. The summed E-state index contributed by atoms with van der Waals surface area (Å²) in [5.41, 5.74) is 2.42. The zero-order chi connectivity index (χ0) is 20.9. The summed E-state index contributed by atoms with van der Waals surface area (Å²) in [7, 11) is 0. The van der Waals surface area contributed by atoms with Crippen LogP contribution in [0.15, 0.2) is 78.3 Å². The molecule has 0 bridgehead atoms. The molecule has 0 saturated carbocycles. The Morgan fingerprint density at radius 1 is 1.07 bits per heavy atom. The molecule has 0 radical (unpaired) electrons. The topological polar surface area (TPSA) is 75.1 Å². The second-order valence-corrected chi connectivity index (χ2v) is 7.58. The Morgan fingerprint density at radius 2 is 1.87 bits per heavy atom. The van der Waals surface area contributed by atoms with E-state index in [0.717, 1.165) is 10.4 Å². The lowest BCUT2D eigenvalue weighted by Crippen LogP contribution is -2.24. The Hall–Kier alpha value is -3.42. The molecule has 0 fully saturated rings. The fraction of sp³-hybridized carbons (Fsp3) is 0.0870. The molecule has 0 saturated heterocycles. The first-order chi connectivity index (χ1) is 14.6. The van der Waals surface area contributed by atoms with E-state index >= 15 is 0 Å². The second kappa shape index (κ2) is 8.94. The van der Waals surface area contributed by atoms with E-state index in [2.05, 4.69) is 10.3 Å². The van der Waals surface area contributed by atoms with Crippen LogP contribution in [0.5, 0.6) is 0 Å². The number of nitrogens with zero attached hydrogens (tertiary/aromatic N) is 2. The Bertz CT molecular complexity index is 1150. The number of carbonyl (C=O) groups is 1. The van der Waals surface area contributed by atoms with Gasteiger partial charge in [-0.05, 0) is 53.4 Å². The number of carboxylic acid groups (broad SMARTS) is 1. The van der Waals surface area contributed by atoms with E-state index in [9.17, 15) is 14.3 Å². The number of benzene rings is 2. The predicted octanol–water partition coefficient (Wildman–Crippen LogP) is 4.92. The van der Waals surface area contributed by atoms with Crippen LogP contribution in [0, 0.1) is 5.82 Å². The van der Waals surface area contributed by atoms with Gasteiger partial charge in [0.2, 0.25) is 0 Å². The number of rotatable bonds is 7. The third-order valence-electron chi connectivity index (χ3n) is 4.64. The minimum absolute atomic E-state index is 0.260. The molecule has 4 rings (SSSR count). The van der Waals surface area contributed by atoms with E-state index in [0.29, 0.717) is 23.6 Å². The monoisotopic (exact) mass is 419 g/mol. The number of halogens is 1. The number of hydrogen-bond donors (Lipinski definition) is 2. The second-order valence-electron chi connectivity index (χ2n) is 6.60. The number of aromatic carboxylic acids is 1. The van der Waals surface area contributed by atoms with E-state index in [1.54, 1.807) is 53.9 Å². The van der Waals surface area contributed by atoms with Gasteiger partial charge in [-0.15, -0.1) is 11.3 Å². The van der Waals surface area contributed by atoms with E-state index in [-0.39, 0.29) is 17.4 Å². The van der Waals surface area contributed by atoms with Crippen LogP contribution < -0.4 is 5.32 Å². The summed E-state index contributed by atoms with van der Waals surface area (Å²) in [4.78, 5) is 21.7. The highest BCUT2D eigenvalue weighted by Crippen LogP contribution is 2.26. The molecule has 0 aliphatic rings. The molecule has 4 aromatic rings. The number of aromatic nitrogens is 2. The summed E-state index contributed by atoms with van der Waals surface area (Å²) in [6.45, 7) is 0.342. The molecular formula is C23H18FN3O2S. The minimum Gasteiger partial charge on any atom is -0.478 e. The van der Waals surface area contributed by atoms with Crippen molar-refractivity contribution >= 4 is 17.3 Å². The summed E-state index contributed by atoms with van der Waals surface area (Å²) in [6, 6.07) is 18.5. The van der Waals surface area contributed by atoms with E-state index in [1.165, 1.54) is 12.1 Å². The number of hydrogen-bond acceptors (Lipinski definition) is 5. The van der Waals surface area contributed by atoms with Crippen molar-refractivity contribution in [1.29, 1.82) is 0 Å². The Morgan fingerprint density at radius 3 is 2.60 bits per heavy atom. The first-order valence-corrected chi connectivity index (χ1v) is 10.2. The van der Waals surface area contributed by atoms with Gasteiger partial charge in [-0.1, -0.05) is 24.3 Å². The van der Waals surface area contributed by atoms with Crippen molar-refractivity contribution in [3.63, 3.8) is 0 Å². The van der Waals surface area contributed by atoms with Gasteiger partial charge < -0.3 is 5.11 Å². The fourth-order valence-corrected chi connectivity index (χ4v) is 3.96. The zero-order valence-electron chi connectivity index (χ0n) is 15.8. The van der Waals surface area contributed by atoms with Crippen molar-refractivity contribution in [2.45, 2.75) is 12.6 Å². The maximum absolute atomic E-state index is 13.3. The van der Waals surface area contributed by atoms with Crippen LogP contribution in [0.25, 0.3) is 11.3 Å². The summed E-state index contributed by atoms with van der Waals surface area (Å²) in [5, 5.41) is 14.8. The van der Waals surface area contributed by atoms with Gasteiger partial charge in [0.25, 0.3) is 0 Å². The molecule has 2 N–H and O–H groups in total. The van der Waals surface area contributed by atoms with Gasteiger partial charge in [0.15, 0.2) is 5.82 Å². The summed E-state index contributed by atoms with van der Waals surface area (Å²) in [5.74, 6) is -0.704. The first kappa shape index (κ1) is 19.9. The van der Waals surface area contributed by atoms with Gasteiger partial charge in [0.05, 0.1) is 11.3 Å². The highest BCUT2D eigenvalue weighted by molar-refractivity contribution is 7.10. The Labute approximate surface area is 176 Å². The van der Waals surface area contributed by atoms with Gasteiger partial charge in [-0.2, -0.15) is 0 Å². The predicted molar refractivity (Wildman–Crippen MR) is 114 cm³/mol. The molecule has 0 aliphatic heterocycles. The average Bonchev–Trinajstić information content (AvgIpc) is 3.29. The van der Waals surface area contributed by atoms with Gasteiger partial charge >= 0.3 is 5.97 Å².